The molecular weight excluding hydrogens is 278 g/mol. The number of carbonyl (C=O) groups excluding carboxylic acids is 2. The second-order valence-electron chi connectivity index (χ2n) is 5.63. The van der Waals surface area contributed by atoms with E-state index in [0.29, 0.717) is 17.8 Å². The molecule has 0 unspecified atom stereocenters. The minimum atomic E-state index is -0.507. The van der Waals surface area contributed by atoms with Gasteiger partial charge in [-0.2, -0.15) is 0 Å². The number of nitrogens with one attached hydrogen (secondary N) is 2. The molecule has 2 rings (SSSR count). The Morgan fingerprint density at radius 2 is 2.09 bits per heavy atom. The molecule has 0 fully saturated rings. The highest BCUT2D eigenvalue weighted by Crippen LogP contribution is 2.19. The molecule has 1 aromatic rings. The van der Waals surface area contributed by atoms with Crippen molar-refractivity contribution in [3.63, 3.8) is 0 Å². The predicted molar refractivity (Wildman–Crippen MR) is 87.9 cm³/mol. The van der Waals surface area contributed by atoms with Gasteiger partial charge in [0, 0.05) is 17.8 Å². The van der Waals surface area contributed by atoms with Gasteiger partial charge < -0.3 is 16.4 Å². The van der Waals surface area contributed by atoms with Crippen molar-refractivity contribution >= 4 is 17.6 Å². The van der Waals surface area contributed by atoms with E-state index in [4.69, 9.17) is 5.73 Å². The molecule has 0 spiro atoms. The third-order valence-corrected chi connectivity index (χ3v) is 3.89. The van der Waals surface area contributed by atoms with Crippen LogP contribution in [0.25, 0.3) is 0 Å². The summed E-state index contributed by atoms with van der Waals surface area (Å²) in [6.07, 6.45) is 7.99. The summed E-state index contributed by atoms with van der Waals surface area (Å²) in [5, 5.41) is 5.61. The monoisotopic (exact) mass is 301 g/mol. The second-order valence-corrected chi connectivity index (χ2v) is 5.63. The molecule has 4 N–H and O–H groups in total. The predicted octanol–water partition coefficient (Wildman–Crippen LogP) is 3.11. The van der Waals surface area contributed by atoms with Crippen LogP contribution >= 0.6 is 0 Å². The van der Waals surface area contributed by atoms with Gasteiger partial charge in [-0.25, -0.2) is 4.79 Å². The zero-order valence-electron chi connectivity index (χ0n) is 12.9. The van der Waals surface area contributed by atoms with Gasteiger partial charge in [0.15, 0.2) is 0 Å². The molecule has 118 valence electrons. The maximum atomic E-state index is 11.9. The van der Waals surface area contributed by atoms with E-state index in [9.17, 15) is 9.59 Å². The Bertz CT molecular complexity index is 594. The smallest absolute Gasteiger partial charge is 0.319 e. The lowest BCUT2D eigenvalue weighted by Gasteiger charge is -2.14. The highest BCUT2D eigenvalue weighted by molar-refractivity contribution is 5.96. The number of primary amides is 1. The van der Waals surface area contributed by atoms with Gasteiger partial charge >= 0.3 is 6.03 Å². The van der Waals surface area contributed by atoms with Crippen molar-refractivity contribution in [2.75, 3.05) is 11.9 Å². The van der Waals surface area contributed by atoms with Crippen LogP contribution in [-0.4, -0.2) is 18.5 Å². The molecule has 1 aromatic carbocycles. The van der Waals surface area contributed by atoms with Gasteiger partial charge in [0.25, 0.3) is 0 Å². The summed E-state index contributed by atoms with van der Waals surface area (Å²) in [7, 11) is 0. The molecule has 3 amide bonds. The largest absolute Gasteiger partial charge is 0.366 e. The fourth-order valence-corrected chi connectivity index (χ4v) is 2.54. The van der Waals surface area contributed by atoms with Crippen molar-refractivity contribution in [3.05, 3.63) is 41.0 Å². The maximum Gasteiger partial charge on any atom is 0.319 e. The summed E-state index contributed by atoms with van der Waals surface area (Å²) < 4.78 is 0. The molecular formula is C17H23N3O2. The molecule has 0 radical (unpaired) electrons. The first-order valence-electron chi connectivity index (χ1n) is 7.69. The Hall–Kier alpha value is -2.30. The number of carbonyl (C=O) groups is 2. The van der Waals surface area contributed by atoms with Crippen molar-refractivity contribution < 1.29 is 9.59 Å². The van der Waals surface area contributed by atoms with Gasteiger partial charge in [0.05, 0.1) is 0 Å². The van der Waals surface area contributed by atoms with Crippen molar-refractivity contribution in [2.24, 2.45) is 5.73 Å². The molecule has 0 aliphatic heterocycles. The minimum Gasteiger partial charge on any atom is -0.366 e. The van der Waals surface area contributed by atoms with Crippen LogP contribution in [0.3, 0.4) is 0 Å². The van der Waals surface area contributed by atoms with Crippen LogP contribution in [-0.2, 0) is 0 Å². The van der Waals surface area contributed by atoms with Gasteiger partial charge in [-0.3, -0.25) is 4.79 Å². The molecule has 0 aromatic heterocycles. The quantitative estimate of drug-likeness (QED) is 0.730. The number of hydrogen-bond acceptors (Lipinski definition) is 2. The number of urea groups is 1. The van der Waals surface area contributed by atoms with Gasteiger partial charge in [0.1, 0.15) is 0 Å². The zero-order valence-corrected chi connectivity index (χ0v) is 12.9. The number of benzene rings is 1. The van der Waals surface area contributed by atoms with E-state index in [0.717, 1.165) is 24.8 Å². The third-order valence-electron chi connectivity index (χ3n) is 3.89. The SMILES string of the molecule is Cc1ccc(C(N)=O)cc1NC(=O)NCCC1=CCCCC1. The van der Waals surface area contributed by atoms with E-state index in [2.05, 4.69) is 16.7 Å². The average Bonchev–Trinajstić information content (AvgIpc) is 2.50. The van der Waals surface area contributed by atoms with Crippen LogP contribution in [0.15, 0.2) is 29.8 Å². The molecule has 22 heavy (non-hydrogen) atoms. The first-order chi connectivity index (χ1) is 10.6. The summed E-state index contributed by atoms with van der Waals surface area (Å²) in [5.41, 5.74) is 8.55. The lowest BCUT2D eigenvalue weighted by Crippen LogP contribution is -2.30. The third kappa shape index (κ3) is 4.62. The highest BCUT2D eigenvalue weighted by atomic mass is 16.2. The molecule has 5 nitrogen and oxygen atoms in total. The number of aryl methyl sites for hydroxylation is 1. The van der Waals surface area contributed by atoms with Crippen LogP contribution in [0.2, 0.25) is 0 Å². The number of allylic oxidation sites excluding steroid dienone is 1. The van der Waals surface area contributed by atoms with E-state index in [1.54, 1.807) is 18.2 Å². The Labute approximate surface area is 131 Å². The molecule has 0 heterocycles. The van der Waals surface area contributed by atoms with Gasteiger partial charge in [-0.15, -0.1) is 0 Å². The van der Waals surface area contributed by atoms with E-state index in [-0.39, 0.29) is 6.03 Å². The Kier molecular flexibility index (Phi) is 5.58. The summed E-state index contributed by atoms with van der Waals surface area (Å²) in [4.78, 5) is 23.1. The van der Waals surface area contributed by atoms with E-state index in [1.807, 2.05) is 6.92 Å². The topological polar surface area (TPSA) is 84.2 Å². The van der Waals surface area contributed by atoms with E-state index < -0.39 is 5.91 Å². The molecule has 1 aliphatic carbocycles. The summed E-state index contributed by atoms with van der Waals surface area (Å²) >= 11 is 0. The fraction of sp³-hybridized carbons (Fsp3) is 0.412. The van der Waals surface area contributed by atoms with Gasteiger partial charge in [0.2, 0.25) is 5.91 Å². The Morgan fingerprint density at radius 1 is 1.27 bits per heavy atom. The maximum absolute atomic E-state index is 11.9. The lowest BCUT2D eigenvalue weighted by molar-refractivity contribution is 0.100. The Balaban J connectivity index is 1.85. The van der Waals surface area contributed by atoms with Gasteiger partial charge in [-0.05, 0) is 56.7 Å². The number of rotatable bonds is 5. The van der Waals surface area contributed by atoms with Crippen molar-refractivity contribution in [3.8, 4) is 0 Å². The molecule has 0 bridgehead atoms. The zero-order chi connectivity index (χ0) is 15.9. The second kappa shape index (κ2) is 7.64. The number of anilines is 1. The molecule has 5 heteroatoms. The first-order valence-corrected chi connectivity index (χ1v) is 7.69. The van der Waals surface area contributed by atoms with Gasteiger partial charge in [-0.1, -0.05) is 17.7 Å². The van der Waals surface area contributed by atoms with Crippen LogP contribution in [0.5, 0.6) is 0 Å². The van der Waals surface area contributed by atoms with E-state index >= 15 is 0 Å². The number of amides is 3. The molecule has 0 atom stereocenters. The van der Waals surface area contributed by atoms with Crippen LogP contribution in [0, 0.1) is 6.92 Å². The van der Waals surface area contributed by atoms with E-state index in [1.165, 1.54) is 18.4 Å². The molecule has 0 saturated heterocycles. The summed E-state index contributed by atoms with van der Waals surface area (Å²) in [6, 6.07) is 4.75. The van der Waals surface area contributed by atoms with Crippen LogP contribution in [0.4, 0.5) is 10.5 Å². The first kappa shape index (κ1) is 16.1. The summed E-state index contributed by atoms with van der Waals surface area (Å²) in [6.45, 7) is 2.49. The lowest BCUT2D eigenvalue weighted by atomic mass is 9.97. The molecule has 0 saturated carbocycles. The van der Waals surface area contributed by atoms with Crippen LogP contribution < -0.4 is 16.4 Å². The highest BCUT2D eigenvalue weighted by Gasteiger charge is 2.08. The van der Waals surface area contributed by atoms with Crippen molar-refractivity contribution in [1.29, 1.82) is 0 Å². The Morgan fingerprint density at radius 3 is 2.77 bits per heavy atom. The van der Waals surface area contributed by atoms with Crippen molar-refractivity contribution in [1.82, 2.24) is 5.32 Å². The number of nitrogens with two attached hydrogens (primary N) is 1. The fourth-order valence-electron chi connectivity index (χ4n) is 2.54. The van der Waals surface area contributed by atoms with Crippen molar-refractivity contribution in [2.45, 2.75) is 39.0 Å². The van der Waals surface area contributed by atoms with Crippen LogP contribution in [0.1, 0.15) is 48.0 Å². The average molecular weight is 301 g/mol. The molecule has 1 aliphatic rings. The normalized spacial score (nSPS) is 14.1. The number of hydrogen-bond donors (Lipinski definition) is 3. The standard InChI is InChI=1S/C17H23N3O2/c1-12-7-8-14(16(18)21)11-15(12)20-17(22)19-10-9-13-5-3-2-4-6-13/h5,7-8,11H,2-4,6,9-10H2,1H3,(H2,18,21)(H2,19,20,22). The summed E-state index contributed by atoms with van der Waals surface area (Å²) in [5.74, 6) is -0.507. The minimum absolute atomic E-state index is 0.263.